The Balaban J connectivity index is 2.64. The van der Waals surface area contributed by atoms with Gasteiger partial charge in [-0.25, -0.2) is 0 Å². The van der Waals surface area contributed by atoms with E-state index in [1.165, 1.54) is 0 Å². The van der Waals surface area contributed by atoms with E-state index >= 15 is 0 Å². The van der Waals surface area contributed by atoms with Crippen molar-refractivity contribution >= 4 is 6.08 Å². The summed E-state index contributed by atoms with van der Waals surface area (Å²) in [7, 11) is 0. The third-order valence-corrected chi connectivity index (χ3v) is 1.68. The van der Waals surface area contributed by atoms with Gasteiger partial charge in [0, 0.05) is 0 Å². The van der Waals surface area contributed by atoms with Crippen LogP contribution in [-0.2, 0) is 0 Å². The minimum absolute atomic E-state index is 0.125. The molecule has 0 aromatic heterocycles. The molecular formula is C11H11NO. The first-order chi connectivity index (χ1) is 6.36. The monoisotopic (exact) mass is 173 g/mol. The number of hydrogen-bond acceptors (Lipinski definition) is 2. The predicted molar refractivity (Wildman–Crippen MR) is 51.7 cm³/mol. The molecule has 0 heterocycles. The van der Waals surface area contributed by atoms with Crippen molar-refractivity contribution in [2.24, 2.45) is 5.92 Å². The first-order valence-electron chi connectivity index (χ1n) is 4.10. The number of aliphatic hydroxyl groups excluding tert-OH is 1. The van der Waals surface area contributed by atoms with Gasteiger partial charge in [-0.15, -0.1) is 0 Å². The molecule has 1 atom stereocenters. The zero-order valence-electron chi connectivity index (χ0n) is 7.22. The van der Waals surface area contributed by atoms with Crippen LogP contribution in [-0.4, -0.2) is 11.7 Å². The average molecular weight is 173 g/mol. The SMILES string of the molecule is N#C[C@H](/C=C/c1ccccc1)CO. The Kier molecular flexibility index (Phi) is 3.74. The summed E-state index contributed by atoms with van der Waals surface area (Å²) in [5.41, 5.74) is 1.04. The third-order valence-electron chi connectivity index (χ3n) is 1.68. The first kappa shape index (κ1) is 9.50. The van der Waals surface area contributed by atoms with E-state index in [9.17, 15) is 0 Å². The number of benzene rings is 1. The fourth-order valence-corrected chi connectivity index (χ4v) is 0.936. The number of nitrogens with zero attached hydrogens (tertiary/aromatic N) is 1. The van der Waals surface area contributed by atoms with Crippen LogP contribution in [0.4, 0.5) is 0 Å². The molecule has 13 heavy (non-hydrogen) atoms. The van der Waals surface area contributed by atoms with Gasteiger partial charge in [0.15, 0.2) is 0 Å². The second-order valence-corrected chi connectivity index (χ2v) is 2.69. The fourth-order valence-electron chi connectivity index (χ4n) is 0.936. The molecule has 0 aliphatic carbocycles. The van der Waals surface area contributed by atoms with Crippen molar-refractivity contribution in [2.45, 2.75) is 0 Å². The Morgan fingerprint density at radius 3 is 2.62 bits per heavy atom. The number of nitriles is 1. The molecule has 0 unspecified atom stereocenters. The topological polar surface area (TPSA) is 44.0 Å². The van der Waals surface area contributed by atoms with Gasteiger partial charge in [-0.2, -0.15) is 5.26 Å². The van der Waals surface area contributed by atoms with Crippen molar-refractivity contribution in [3.63, 3.8) is 0 Å². The summed E-state index contributed by atoms with van der Waals surface area (Å²) < 4.78 is 0. The molecule has 0 radical (unpaired) electrons. The minimum Gasteiger partial charge on any atom is -0.395 e. The molecule has 0 aliphatic heterocycles. The molecule has 0 fully saturated rings. The average Bonchev–Trinajstić information content (AvgIpc) is 2.21. The molecule has 0 spiro atoms. The number of aliphatic hydroxyl groups is 1. The highest BCUT2D eigenvalue weighted by Crippen LogP contribution is 2.04. The zero-order valence-corrected chi connectivity index (χ0v) is 7.22. The van der Waals surface area contributed by atoms with Crippen LogP contribution >= 0.6 is 0 Å². The van der Waals surface area contributed by atoms with Gasteiger partial charge in [-0.1, -0.05) is 42.5 Å². The van der Waals surface area contributed by atoms with E-state index in [0.29, 0.717) is 0 Å². The van der Waals surface area contributed by atoms with Crippen LogP contribution in [0.2, 0.25) is 0 Å². The van der Waals surface area contributed by atoms with Gasteiger partial charge in [-0.05, 0) is 5.56 Å². The quantitative estimate of drug-likeness (QED) is 0.757. The van der Waals surface area contributed by atoms with Crippen molar-refractivity contribution in [3.8, 4) is 6.07 Å². The van der Waals surface area contributed by atoms with E-state index in [4.69, 9.17) is 10.4 Å². The molecule has 0 amide bonds. The highest BCUT2D eigenvalue weighted by molar-refractivity contribution is 5.49. The molecular weight excluding hydrogens is 162 g/mol. The van der Waals surface area contributed by atoms with Gasteiger partial charge in [0.2, 0.25) is 0 Å². The Morgan fingerprint density at radius 2 is 2.08 bits per heavy atom. The lowest BCUT2D eigenvalue weighted by Gasteiger charge is -1.96. The van der Waals surface area contributed by atoms with Gasteiger partial charge in [0.25, 0.3) is 0 Å². The van der Waals surface area contributed by atoms with Crippen molar-refractivity contribution in [3.05, 3.63) is 42.0 Å². The molecule has 1 rings (SSSR count). The summed E-state index contributed by atoms with van der Waals surface area (Å²) in [4.78, 5) is 0. The molecule has 0 bridgehead atoms. The second-order valence-electron chi connectivity index (χ2n) is 2.69. The molecule has 66 valence electrons. The van der Waals surface area contributed by atoms with E-state index in [1.54, 1.807) is 6.08 Å². The van der Waals surface area contributed by atoms with E-state index in [-0.39, 0.29) is 6.61 Å². The Hall–Kier alpha value is -1.59. The summed E-state index contributed by atoms with van der Waals surface area (Å²) in [6.07, 6.45) is 3.54. The summed E-state index contributed by atoms with van der Waals surface area (Å²) in [5.74, 6) is -0.403. The third kappa shape index (κ3) is 3.10. The van der Waals surface area contributed by atoms with Gasteiger partial charge in [0.05, 0.1) is 18.6 Å². The van der Waals surface area contributed by atoms with Crippen LogP contribution in [0, 0.1) is 17.2 Å². The summed E-state index contributed by atoms with van der Waals surface area (Å²) in [6, 6.07) is 11.7. The highest BCUT2D eigenvalue weighted by atomic mass is 16.3. The molecule has 2 heteroatoms. The lowest BCUT2D eigenvalue weighted by Crippen LogP contribution is -1.97. The van der Waals surface area contributed by atoms with Crippen molar-refractivity contribution in [1.29, 1.82) is 5.26 Å². The summed E-state index contributed by atoms with van der Waals surface area (Å²) in [6.45, 7) is -0.125. The lowest BCUT2D eigenvalue weighted by atomic mass is 10.1. The molecule has 2 nitrogen and oxygen atoms in total. The summed E-state index contributed by atoms with van der Waals surface area (Å²) >= 11 is 0. The predicted octanol–water partition coefficient (Wildman–Crippen LogP) is 1.83. The maximum absolute atomic E-state index is 8.73. The van der Waals surface area contributed by atoms with Crippen molar-refractivity contribution in [1.82, 2.24) is 0 Å². The highest BCUT2D eigenvalue weighted by Gasteiger charge is 1.97. The Morgan fingerprint density at radius 1 is 1.38 bits per heavy atom. The van der Waals surface area contributed by atoms with Crippen molar-refractivity contribution < 1.29 is 5.11 Å². The standard InChI is InChI=1S/C11H11NO/c12-8-11(9-13)7-6-10-4-2-1-3-5-10/h1-7,11,13H,9H2/b7-6+/t11-/m0/s1. The zero-order chi connectivity index (χ0) is 9.52. The van der Waals surface area contributed by atoms with Gasteiger partial charge < -0.3 is 5.11 Å². The van der Waals surface area contributed by atoms with Gasteiger partial charge >= 0.3 is 0 Å². The molecule has 1 aromatic rings. The van der Waals surface area contributed by atoms with Crippen LogP contribution in [0.5, 0.6) is 0 Å². The summed E-state index contributed by atoms with van der Waals surface area (Å²) in [5, 5.41) is 17.3. The molecule has 0 saturated heterocycles. The van der Waals surface area contributed by atoms with Crippen LogP contribution in [0.1, 0.15) is 5.56 Å². The first-order valence-corrected chi connectivity index (χ1v) is 4.10. The molecule has 0 saturated carbocycles. The maximum atomic E-state index is 8.73. The van der Waals surface area contributed by atoms with E-state index < -0.39 is 5.92 Å². The van der Waals surface area contributed by atoms with Crippen LogP contribution in [0.25, 0.3) is 6.08 Å². The smallest absolute Gasteiger partial charge is 0.0877 e. The van der Waals surface area contributed by atoms with Gasteiger partial charge in [0.1, 0.15) is 0 Å². The largest absolute Gasteiger partial charge is 0.395 e. The van der Waals surface area contributed by atoms with E-state index in [1.807, 2.05) is 42.5 Å². The Labute approximate surface area is 77.8 Å². The van der Waals surface area contributed by atoms with Crippen LogP contribution in [0.3, 0.4) is 0 Å². The lowest BCUT2D eigenvalue weighted by molar-refractivity contribution is 0.277. The fraction of sp³-hybridized carbons (Fsp3) is 0.182. The van der Waals surface area contributed by atoms with Crippen LogP contribution < -0.4 is 0 Å². The van der Waals surface area contributed by atoms with Crippen molar-refractivity contribution in [2.75, 3.05) is 6.61 Å². The number of rotatable bonds is 3. The molecule has 0 aliphatic rings. The normalized spacial score (nSPS) is 12.6. The molecule has 1 N–H and O–H groups in total. The molecule has 1 aromatic carbocycles. The van der Waals surface area contributed by atoms with E-state index in [0.717, 1.165) is 5.56 Å². The van der Waals surface area contributed by atoms with Crippen LogP contribution in [0.15, 0.2) is 36.4 Å². The maximum Gasteiger partial charge on any atom is 0.0877 e. The minimum atomic E-state index is -0.403. The van der Waals surface area contributed by atoms with E-state index in [2.05, 4.69) is 0 Å². The second kappa shape index (κ2) is 5.13. The number of hydrogen-bond donors (Lipinski definition) is 1. The van der Waals surface area contributed by atoms with Gasteiger partial charge in [-0.3, -0.25) is 0 Å². The Bertz CT molecular complexity index is 311.